The number of amides is 1. The van der Waals surface area contributed by atoms with Gasteiger partial charge < -0.3 is 14.8 Å². The number of likely N-dealkylation sites (tertiary alicyclic amines) is 1. The second kappa shape index (κ2) is 6.16. The molecule has 0 unspecified atom stereocenters. The Balaban J connectivity index is 1.88. The van der Waals surface area contributed by atoms with Gasteiger partial charge in [0, 0.05) is 19.6 Å². The molecule has 2 heterocycles. The smallest absolute Gasteiger partial charge is 0.242 e. The van der Waals surface area contributed by atoms with Gasteiger partial charge in [0.2, 0.25) is 11.9 Å². The second-order valence-corrected chi connectivity index (χ2v) is 5.52. The number of imidazole rings is 1. The highest BCUT2D eigenvalue weighted by Crippen LogP contribution is 2.20. The number of benzene rings is 1. The number of aromatic nitrogens is 2. The third-order valence-electron chi connectivity index (χ3n) is 3.94. The minimum atomic E-state index is 0.190. The van der Waals surface area contributed by atoms with Crippen LogP contribution in [-0.2, 0) is 11.3 Å². The van der Waals surface area contributed by atoms with Crippen molar-refractivity contribution in [3.8, 4) is 0 Å². The van der Waals surface area contributed by atoms with Crippen molar-refractivity contribution < 1.29 is 4.79 Å². The Morgan fingerprint density at radius 3 is 2.81 bits per heavy atom. The second-order valence-electron chi connectivity index (χ2n) is 5.52. The lowest BCUT2D eigenvalue weighted by atomic mass is 10.3. The fourth-order valence-corrected chi connectivity index (χ4v) is 2.81. The number of hydrogen-bond acceptors (Lipinski definition) is 3. The average Bonchev–Trinajstić information content (AvgIpc) is 3.14. The first kappa shape index (κ1) is 13.9. The lowest BCUT2D eigenvalue weighted by molar-refractivity contribution is -0.130. The fourth-order valence-electron chi connectivity index (χ4n) is 2.81. The van der Waals surface area contributed by atoms with Crippen molar-refractivity contribution in [3.63, 3.8) is 0 Å². The minimum Gasteiger partial charge on any atom is -0.356 e. The van der Waals surface area contributed by atoms with E-state index < -0.39 is 0 Å². The first-order valence-corrected chi connectivity index (χ1v) is 7.76. The maximum Gasteiger partial charge on any atom is 0.242 e. The summed E-state index contributed by atoms with van der Waals surface area (Å²) in [5.74, 6) is 0.987. The molecule has 0 radical (unpaired) electrons. The molecule has 1 aromatic heterocycles. The number of nitrogens with one attached hydrogen (secondary N) is 1. The van der Waals surface area contributed by atoms with E-state index in [2.05, 4.69) is 17.2 Å². The van der Waals surface area contributed by atoms with Gasteiger partial charge in [0.15, 0.2) is 0 Å². The van der Waals surface area contributed by atoms with Crippen molar-refractivity contribution in [2.24, 2.45) is 0 Å². The first-order chi connectivity index (χ1) is 10.3. The van der Waals surface area contributed by atoms with Crippen LogP contribution in [0.4, 0.5) is 5.95 Å². The molecule has 1 fully saturated rings. The Morgan fingerprint density at radius 2 is 2.05 bits per heavy atom. The molecule has 21 heavy (non-hydrogen) atoms. The summed E-state index contributed by atoms with van der Waals surface area (Å²) in [6.07, 6.45) is 3.28. The Morgan fingerprint density at radius 1 is 1.29 bits per heavy atom. The SMILES string of the molecule is CCCNc1nc2ccccc2n1CC(=O)N1CCCC1. The van der Waals surface area contributed by atoms with Crippen LogP contribution in [0.3, 0.4) is 0 Å². The van der Waals surface area contributed by atoms with Gasteiger partial charge in [-0.05, 0) is 31.4 Å². The minimum absolute atomic E-state index is 0.190. The van der Waals surface area contributed by atoms with Gasteiger partial charge in [-0.3, -0.25) is 4.79 Å². The monoisotopic (exact) mass is 286 g/mol. The van der Waals surface area contributed by atoms with E-state index in [1.165, 1.54) is 0 Å². The number of anilines is 1. The van der Waals surface area contributed by atoms with E-state index in [0.29, 0.717) is 6.54 Å². The number of rotatable bonds is 5. The van der Waals surface area contributed by atoms with Gasteiger partial charge in [0.25, 0.3) is 0 Å². The van der Waals surface area contributed by atoms with Gasteiger partial charge >= 0.3 is 0 Å². The van der Waals surface area contributed by atoms with Crippen LogP contribution in [0.1, 0.15) is 26.2 Å². The molecule has 1 amide bonds. The van der Waals surface area contributed by atoms with E-state index in [-0.39, 0.29) is 5.91 Å². The van der Waals surface area contributed by atoms with Gasteiger partial charge in [0.1, 0.15) is 6.54 Å². The average molecular weight is 286 g/mol. The van der Waals surface area contributed by atoms with Crippen LogP contribution in [0.15, 0.2) is 24.3 Å². The molecule has 1 aromatic carbocycles. The summed E-state index contributed by atoms with van der Waals surface area (Å²) in [5, 5.41) is 3.33. The number of nitrogens with zero attached hydrogens (tertiary/aromatic N) is 3. The van der Waals surface area contributed by atoms with E-state index in [1.807, 2.05) is 33.7 Å². The maximum atomic E-state index is 12.4. The van der Waals surface area contributed by atoms with Crippen LogP contribution >= 0.6 is 0 Å². The summed E-state index contributed by atoms with van der Waals surface area (Å²) >= 11 is 0. The van der Waals surface area contributed by atoms with Gasteiger partial charge in [-0.2, -0.15) is 0 Å². The van der Waals surface area contributed by atoms with Gasteiger partial charge in [-0.15, -0.1) is 0 Å². The summed E-state index contributed by atoms with van der Waals surface area (Å²) in [5.41, 5.74) is 1.95. The van der Waals surface area contributed by atoms with E-state index in [1.54, 1.807) is 0 Å². The summed E-state index contributed by atoms with van der Waals surface area (Å²) in [6, 6.07) is 7.98. The Kier molecular flexibility index (Phi) is 4.08. The third kappa shape index (κ3) is 2.86. The molecular weight excluding hydrogens is 264 g/mol. The topological polar surface area (TPSA) is 50.2 Å². The molecule has 5 heteroatoms. The molecule has 5 nitrogen and oxygen atoms in total. The molecular formula is C16H22N4O. The zero-order chi connectivity index (χ0) is 14.7. The quantitative estimate of drug-likeness (QED) is 0.918. The van der Waals surface area contributed by atoms with Gasteiger partial charge in [-0.25, -0.2) is 4.98 Å². The highest BCUT2D eigenvalue weighted by Gasteiger charge is 2.20. The van der Waals surface area contributed by atoms with Gasteiger partial charge in [0.05, 0.1) is 11.0 Å². The normalized spacial score (nSPS) is 14.8. The molecule has 1 N–H and O–H groups in total. The molecule has 3 rings (SSSR count). The van der Waals surface area contributed by atoms with Crippen LogP contribution in [0.25, 0.3) is 11.0 Å². The Labute approximate surface area is 125 Å². The zero-order valence-electron chi connectivity index (χ0n) is 12.5. The van der Waals surface area contributed by atoms with Crippen LogP contribution in [-0.4, -0.2) is 40.0 Å². The lowest BCUT2D eigenvalue weighted by Crippen LogP contribution is -2.31. The predicted octanol–water partition coefficient (Wildman–Crippen LogP) is 2.48. The number of carbonyl (C=O) groups is 1. The van der Waals surface area contributed by atoms with Crippen molar-refractivity contribution in [1.82, 2.24) is 14.5 Å². The van der Waals surface area contributed by atoms with Crippen molar-refractivity contribution >= 4 is 22.9 Å². The molecule has 1 saturated heterocycles. The van der Waals surface area contributed by atoms with E-state index in [4.69, 9.17) is 0 Å². The summed E-state index contributed by atoms with van der Waals surface area (Å²) in [7, 11) is 0. The summed E-state index contributed by atoms with van der Waals surface area (Å²) < 4.78 is 2.01. The number of hydrogen-bond donors (Lipinski definition) is 1. The zero-order valence-corrected chi connectivity index (χ0v) is 12.5. The fraction of sp³-hybridized carbons (Fsp3) is 0.500. The van der Waals surface area contributed by atoms with Crippen LogP contribution < -0.4 is 5.32 Å². The Bertz CT molecular complexity index is 628. The van der Waals surface area contributed by atoms with Crippen molar-refractivity contribution in [1.29, 1.82) is 0 Å². The highest BCUT2D eigenvalue weighted by molar-refractivity contribution is 5.83. The van der Waals surface area contributed by atoms with Gasteiger partial charge in [-0.1, -0.05) is 19.1 Å². The standard InChI is InChI=1S/C16H22N4O/c1-2-9-17-16-18-13-7-3-4-8-14(13)20(16)12-15(21)19-10-5-6-11-19/h3-4,7-8H,2,5-6,9-12H2,1H3,(H,17,18). The molecule has 112 valence electrons. The molecule has 0 bridgehead atoms. The van der Waals surface area contributed by atoms with Crippen molar-refractivity contribution in [2.75, 3.05) is 25.0 Å². The molecule has 0 atom stereocenters. The summed E-state index contributed by atoms with van der Waals surface area (Å²) in [6.45, 7) is 5.13. The van der Waals surface area contributed by atoms with Crippen molar-refractivity contribution in [2.45, 2.75) is 32.7 Å². The number of carbonyl (C=O) groups excluding carboxylic acids is 1. The molecule has 1 aliphatic rings. The predicted molar refractivity (Wildman–Crippen MR) is 84.3 cm³/mol. The van der Waals surface area contributed by atoms with E-state index in [0.717, 1.165) is 55.9 Å². The molecule has 2 aromatic rings. The highest BCUT2D eigenvalue weighted by atomic mass is 16.2. The molecule has 0 saturated carbocycles. The van der Waals surface area contributed by atoms with Crippen LogP contribution in [0, 0.1) is 0 Å². The van der Waals surface area contributed by atoms with Crippen molar-refractivity contribution in [3.05, 3.63) is 24.3 Å². The van der Waals surface area contributed by atoms with Crippen LogP contribution in [0.2, 0.25) is 0 Å². The van der Waals surface area contributed by atoms with E-state index >= 15 is 0 Å². The largest absolute Gasteiger partial charge is 0.356 e. The Hall–Kier alpha value is -2.04. The number of para-hydroxylation sites is 2. The first-order valence-electron chi connectivity index (χ1n) is 7.76. The molecule has 0 spiro atoms. The number of fused-ring (bicyclic) bond motifs is 1. The summed E-state index contributed by atoms with van der Waals surface area (Å²) in [4.78, 5) is 19.0. The van der Waals surface area contributed by atoms with E-state index in [9.17, 15) is 4.79 Å². The third-order valence-corrected chi connectivity index (χ3v) is 3.94. The maximum absolute atomic E-state index is 12.4. The van der Waals surface area contributed by atoms with Crippen LogP contribution in [0.5, 0.6) is 0 Å². The lowest BCUT2D eigenvalue weighted by Gasteiger charge is -2.17. The molecule has 0 aliphatic carbocycles. The molecule has 1 aliphatic heterocycles.